The number of halogens is 1. The van der Waals surface area contributed by atoms with Crippen LogP contribution < -0.4 is 5.43 Å². The largest absolute Gasteiger partial charge is 0.318 e. The second kappa shape index (κ2) is 9.54. The molecule has 2 aromatic carbocycles. The molecule has 1 N–H and O–H groups in total. The van der Waals surface area contributed by atoms with Crippen molar-refractivity contribution in [2.75, 3.05) is 5.75 Å². The van der Waals surface area contributed by atoms with Gasteiger partial charge in [0, 0.05) is 26.2 Å². The van der Waals surface area contributed by atoms with Crippen molar-refractivity contribution in [1.29, 1.82) is 0 Å². The van der Waals surface area contributed by atoms with Crippen LogP contribution in [-0.4, -0.2) is 27.4 Å². The number of hydrogen-bond donors (Lipinski definition) is 1. The summed E-state index contributed by atoms with van der Waals surface area (Å²) in [6.07, 6.45) is 1.71. The Morgan fingerprint density at radius 3 is 2.81 bits per heavy atom. The number of aryl methyl sites for hydroxylation is 2. The van der Waals surface area contributed by atoms with Crippen LogP contribution in [0.2, 0.25) is 0 Å². The number of thioether (sulfide) groups is 1. The number of para-hydroxylation sites is 1. The molecule has 0 aliphatic carbocycles. The summed E-state index contributed by atoms with van der Waals surface area (Å²) in [6, 6.07) is 16.5. The number of carbonyl (C=O) groups is 1. The number of rotatable bonds is 6. The molecule has 0 saturated carbocycles. The molecule has 8 heteroatoms. The average molecular weight is 560 g/mol. The molecule has 2 heterocycles. The van der Waals surface area contributed by atoms with Crippen LogP contribution in [0.3, 0.4) is 0 Å². The van der Waals surface area contributed by atoms with Crippen LogP contribution in [0.1, 0.15) is 22.5 Å². The van der Waals surface area contributed by atoms with Crippen LogP contribution in [0.5, 0.6) is 0 Å². The smallest absolute Gasteiger partial charge is 0.250 e. The van der Waals surface area contributed by atoms with Crippen LogP contribution in [0, 0.1) is 24.3 Å². The van der Waals surface area contributed by atoms with E-state index >= 15 is 0 Å². The van der Waals surface area contributed by atoms with Crippen LogP contribution in [0.4, 0.5) is 0 Å². The number of carbonyl (C=O) groups excluding carboxylic acids is 1. The molecule has 0 saturated heterocycles. The van der Waals surface area contributed by atoms with Gasteiger partial charge in [-0.2, -0.15) is 5.10 Å². The maximum Gasteiger partial charge on any atom is 0.250 e. The van der Waals surface area contributed by atoms with E-state index in [0.717, 1.165) is 37.2 Å². The Morgan fingerprint density at radius 1 is 1.23 bits per heavy atom. The molecule has 0 aliphatic rings. The Kier molecular flexibility index (Phi) is 6.78. The molecule has 0 fully saturated rings. The number of fused-ring (bicyclic) bond motifs is 1. The number of aromatic nitrogens is 2. The van der Waals surface area contributed by atoms with Crippen molar-refractivity contribution in [3.05, 3.63) is 74.6 Å². The van der Waals surface area contributed by atoms with E-state index in [1.54, 1.807) is 17.6 Å². The monoisotopic (exact) mass is 560 g/mol. The zero-order valence-corrected chi connectivity index (χ0v) is 21.1. The first-order valence-corrected chi connectivity index (χ1v) is 12.6. The first kappa shape index (κ1) is 22.0. The topological polar surface area (TPSA) is 59.3 Å². The van der Waals surface area contributed by atoms with Gasteiger partial charge in [0.15, 0.2) is 4.34 Å². The van der Waals surface area contributed by atoms with Gasteiger partial charge in [0.25, 0.3) is 5.91 Å². The fourth-order valence-corrected chi connectivity index (χ4v) is 5.53. The van der Waals surface area contributed by atoms with Gasteiger partial charge in [0.05, 0.1) is 22.2 Å². The van der Waals surface area contributed by atoms with E-state index in [-0.39, 0.29) is 11.7 Å². The first-order valence-electron chi connectivity index (χ1n) is 9.68. The summed E-state index contributed by atoms with van der Waals surface area (Å²) < 4.78 is 5.46. The normalized spacial score (nSPS) is 11.5. The number of nitrogens with one attached hydrogen (secondary N) is 1. The minimum absolute atomic E-state index is 0.150. The van der Waals surface area contributed by atoms with Gasteiger partial charge < -0.3 is 4.57 Å². The SMILES string of the molecule is Cc1cc(-n2c(C)cc(/C=N\NC(=O)CSc3nc4ccccc4s3)c2C)ccc1I. The van der Waals surface area contributed by atoms with Crippen molar-refractivity contribution >= 4 is 68.0 Å². The predicted molar refractivity (Wildman–Crippen MR) is 139 cm³/mol. The van der Waals surface area contributed by atoms with Crippen molar-refractivity contribution in [2.24, 2.45) is 5.10 Å². The molecule has 0 aliphatic heterocycles. The zero-order valence-electron chi connectivity index (χ0n) is 17.3. The van der Waals surface area contributed by atoms with Crippen LogP contribution >= 0.6 is 45.7 Å². The third kappa shape index (κ3) is 5.02. The lowest BCUT2D eigenvalue weighted by atomic mass is 10.2. The number of hydrogen-bond acceptors (Lipinski definition) is 5. The number of nitrogens with zero attached hydrogens (tertiary/aromatic N) is 3. The summed E-state index contributed by atoms with van der Waals surface area (Å²) in [6.45, 7) is 6.25. The molecule has 0 unspecified atom stereocenters. The Bertz CT molecular complexity index is 1260. The van der Waals surface area contributed by atoms with E-state index in [4.69, 9.17) is 0 Å². The summed E-state index contributed by atoms with van der Waals surface area (Å²) >= 11 is 5.37. The standard InChI is InChI=1S/C23H21IN4OS2/c1-14-10-18(8-9-19(14)24)28-15(2)11-17(16(28)3)12-25-27-22(29)13-30-23-26-20-6-4-5-7-21(20)31-23/h4-12H,13H2,1-3H3,(H,27,29)/b25-12-. The van der Waals surface area contributed by atoms with Crippen LogP contribution in [0.15, 0.2) is 58.0 Å². The minimum atomic E-state index is -0.150. The van der Waals surface area contributed by atoms with Gasteiger partial charge >= 0.3 is 0 Å². The first-order chi connectivity index (χ1) is 14.9. The number of thiazole rings is 1. The van der Waals surface area contributed by atoms with Crippen LogP contribution in [-0.2, 0) is 4.79 Å². The summed E-state index contributed by atoms with van der Waals surface area (Å²) in [5.74, 6) is 0.126. The van der Waals surface area contributed by atoms with E-state index in [2.05, 4.69) is 87.7 Å². The molecule has 5 nitrogen and oxygen atoms in total. The zero-order chi connectivity index (χ0) is 22.0. The van der Waals surface area contributed by atoms with Crippen molar-refractivity contribution in [3.63, 3.8) is 0 Å². The van der Waals surface area contributed by atoms with E-state index in [1.165, 1.54) is 20.9 Å². The van der Waals surface area contributed by atoms with Crippen LogP contribution in [0.25, 0.3) is 15.9 Å². The molecule has 0 bridgehead atoms. The van der Waals surface area contributed by atoms with Gasteiger partial charge in [-0.3, -0.25) is 4.79 Å². The van der Waals surface area contributed by atoms with Gasteiger partial charge in [-0.1, -0.05) is 23.9 Å². The van der Waals surface area contributed by atoms with E-state index in [9.17, 15) is 4.79 Å². The van der Waals surface area contributed by atoms with Crippen molar-refractivity contribution in [1.82, 2.24) is 15.0 Å². The van der Waals surface area contributed by atoms with E-state index in [1.807, 2.05) is 24.3 Å². The number of benzene rings is 2. The Labute approximate surface area is 203 Å². The third-order valence-corrected chi connectivity index (χ3v) is 8.25. The molecular weight excluding hydrogens is 539 g/mol. The van der Waals surface area contributed by atoms with E-state index in [0.29, 0.717) is 0 Å². The quantitative estimate of drug-likeness (QED) is 0.139. The molecule has 0 spiro atoms. The molecular formula is C23H21IN4OS2. The van der Waals surface area contributed by atoms with Crippen molar-refractivity contribution < 1.29 is 4.79 Å². The average Bonchev–Trinajstić information content (AvgIpc) is 3.29. The maximum absolute atomic E-state index is 12.2. The second-order valence-corrected chi connectivity index (χ2v) is 10.5. The Hall–Kier alpha value is -2.17. The van der Waals surface area contributed by atoms with Crippen molar-refractivity contribution in [3.8, 4) is 5.69 Å². The lowest BCUT2D eigenvalue weighted by molar-refractivity contribution is -0.118. The van der Waals surface area contributed by atoms with Gasteiger partial charge in [-0.15, -0.1) is 11.3 Å². The third-order valence-electron chi connectivity index (χ3n) is 4.86. The maximum atomic E-state index is 12.2. The lowest BCUT2D eigenvalue weighted by Crippen LogP contribution is -2.19. The van der Waals surface area contributed by atoms with Gasteiger partial charge in [-0.05, 0) is 85.3 Å². The second-order valence-electron chi connectivity index (χ2n) is 7.12. The van der Waals surface area contributed by atoms with Gasteiger partial charge in [0.2, 0.25) is 0 Å². The number of hydrazone groups is 1. The highest BCUT2D eigenvalue weighted by molar-refractivity contribution is 14.1. The molecule has 31 heavy (non-hydrogen) atoms. The lowest BCUT2D eigenvalue weighted by Gasteiger charge is -2.11. The minimum Gasteiger partial charge on any atom is -0.318 e. The van der Waals surface area contributed by atoms with E-state index < -0.39 is 0 Å². The summed E-state index contributed by atoms with van der Waals surface area (Å²) in [5, 5.41) is 4.17. The number of amides is 1. The predicted octanol–water partition coefficient (Wildman–Crippen LogP) is 5.86. The van der Waals surface area contributed by atoms with Crippen molar-refractivity contribution in [2.45, 2.75) is 25.1 Å². The van der Waals surface area contributed by atoms with Gasteiger partial charge in [-0.25, -0.2) is 10.4 Å². The molecule has 2 aromatic heterocycles. The molecule has 4 rings (SSSR count). The molecule has 0 radical (unpaired) electrons. The summed E-state index contributed by atoms with van der Waals surface area (Å²) in [5.41, 5.74) is 9.15. The highest BCUT2D eigenvalue weighted by Gasteiger charge is 2.11. The fourth-order valence-electron chi connectivity index (χ4n) is 3.33. The highest BCUT2D eigenvalue weighted by atomic mass is 127. The summed E-state index contributed by atoms with van der Waals surface area (Å²) in [4.78, 5) is 16.7. The highest BCUT2D eigenvalue weighted by Crippen LogP contribution is 2.29. The fraction of sp³-hybridized carbons (Fsp3) is 0.174. The Balaban J connectivity index is 1.39. The van der Waals surface area contributed by atoms with Gasteiger partial charge in [0.1, 0.15) is 0 Å². The summed E-state index contributed by atoms with van der Waals surface area (Å²) in [7, 11) is 0. The molecule has 1 amide bonds. The molecule has 0 atom stereocenters. The Morgan fingerprint density at radius 2 is 2.03 bits per heavy atom. The molecule has 158 valence electrons. The molecule has 4 aromatic rings.